The van der Waals surface area contributed by atoms with Crippen molar-refractivity contribution in [3.8, 4) is 6.07 Å². The van der Waals surface area contributed by atoms with Gasteiger partial charge in [-0.25, -0.2) is 8.42 Å². The summed E-state index contributed by atoms with van der Waals surface area (Å²) in [6, 6.07) is 7.34. The number of nitrogens with zero attached hydrogens (tertiary/aromatic N) is 3. The number of hydrogen-bond acceptors (Lipinski definition) is 5. The Balaban J connectivity index is 1.96. The maximum Gasteiger partial charge on any atom is 0.243 e. The van der Waals surface area contributed by atoms with Gasteiger partial charge >= 0.3 is 0 Å². The van der Waals surface area contributed by atoms with Gasteiger partial charge < -0.3 is 5.32 Å². The Morgan fingerprint density at radius 2 is 1.82 bits per heavy atom. The Hall–Kier alpha value is -1.95. The van der Waals surface area contributed by atoms with Crippen molar-refractivity contribution in [2.24, 2.45) is 5.92 Å². The molecule has 1 amide bonds. The molecule has 0 saturated carbocycles. The van der Waals surface area contributed by atoms with E-state index < -0.39 is 15.6 Å². The number of nitriles is 1. The number of aryl methyl sites for hydroxylation is 2. The fourth-order valence-corrected chi connectivity index (χ4v) is 4.49. The standard InChI is InChI=1S/C20H30N4O3S/c1-15(2)20(5,14-21)22-19(25)13-23-8-10-24(11-9-23)28(26,27)18-7-6-16(3)17(4)12-18/h6-7,12,15H,8-11,13H2,1-5H3,(H,22,25)/t20-/m0/s1. The van der Waals surface area contributed by atoms with Crippen LogP contribution in [0.2, 0.25) is 0 Å². The number of piperazine rings is 1. The molecule has 1 aromatic carbocycles. The van der Waals surface area contributed by atoms with Crippen molar-refractivity contribution >= 4 is 15.9 Å². The maximum absolute atomic E-state index is 12.9. The molecule has 8 heteroatoms. The van der Waals surface area contributed by atoms with Crippen LogP contribution < -0.4 is 5.32 Å². The van der Waals surface area contributed by atoms with E-state index in [1.807, 2.05) is 38.7 Å². The largest absolute Gasteiger partial charge is 0.337 e. The van der Waals surface area contributed by atoms with Gasteiger partial charge in [0.25, 0.3) is 0 Å². The Morgan fingerprint density at radius 3 is 2.32 bits per heavy atom. The van der Waals surface area contributed by atoms with Crippen molar-refractivity contribution in [2.75, 3.05) is 32.7 Å². The third kappa shape index (κ3) is 4.90. The molecule has 1 N–H and O–H groups in total. The second kappa shape index (κ2) is 8.60. The molecule has 0 unspecified atom stereocenters. The van der Waals surface area contributed by atoms with Gasteiger partial charge in [-0.3, -0.25) is 9.69 Å². The van der Waals surface area contributed by atoms with Gasteiger partial charge in [-0.05, 0) is 49.9 Å². The Kier molecular flexibility index (Phi) is 6.86. The number of nitrogens with one attached hydrogen (secondary N) is 1. The summed E-state index contributed by atoms with van der Waals surface area (Å²) in [6.07, 6.45) is 0. The van der Waals surface area contributed by atoms with Gasteiger partial charge in [-0.1, -0.05) is 19.9 Å². The molecule has 2 rings (SSSR count). The van der Waals surface area contributed by atoms with Crippen LogP contribution in [0.15, 0.2) is 23.1 Å². The van der Waals surface area contributed by atoms with E-state index in [2.05, 4.69) is 11.4 Å². The van der Waals surface area contributed by atoms with Crippen LogP contribution in [0.1, 0.15) is 31.9 Å². The highest BCUT2D eigenvalue weighted by molar-refractivity contribution is 7.89. The molecule has 0 spiro atoms. The predicted molar refractivity (Wildman–Crippen MR) is 108 cm³/mol. The SMILES string of the molecule is Cc1ccc(S(=O)(=O)N2CCN(CC(=O)N[C@@](C)(C#N)C(C)C)CC2)cc1C. The van der Waals surface area contributed by atoms with Crippen molar-refractivity contribution in [1.82, 2.24) is 14.5 Å². The summed E-state index contributed by atoms with van der Waals surface area (Å²) in [6.45, 7) is 11.1. The van der Waals surface area contributed by atoms with Gasteiger partial charge in [0, 0.05) is 26.2 Å². The molecule has 7 nitrogen and oxygen atoms in total. The van der Waals surface area contributed by atoms with E-state index in [-0.39, 0.29) is 18.4 Å². The molecule has 154 valence electrons. The van der Waals surface area contributed by atoms with E-state index >= 15 is 0 Å². The lowest BCUT2D eigenvalue weighted by Crippen LogP contribution is -2.55. The van der Waals surface area contributed by atoms with Crippen LogP contribution in [0.5, 0.6) is 0 Å². The zero-order chi connectivity index (χ0) is 21.1. The summed E-state index contributed by atoms with van der Waals surface area (Å²) in [7, 11) is -3.53. The van der Waals surface area contributed by atoms with Gasteiger partial charge in [0.1, 0.15) is 5.54 Å². The van der Waals surface area contributed by atoms with Gasteiger partial charge in [0.05, 0.1) is 17.5 Å². The van der Waals surface area contributed by atoms with E-state index in [9.17, 15) is 18.5 Å². The normalized spacial score (nSPS) is 18.5. The molecule has 28 heavy (non-hydrogen) atoms. The summed E-state index contributed by atoms with van der Waals surface area (Å²) >= 11 is 0. The van der Waals surface area contributed by atoms with E-state index in [0.29, 0.717) is 31.1 Å². The zero-order valence-corrected chi connectivity index (χ0v) is 18.1. The number of carbonyl (C=O) groups excluding carboxylic acids is 1. The number of amides is 1. The third-order valence-corrected chi connectivity index (χ3v) is 7.50. The van der Waals surface area contributed by atoms with Crippen LogP contribution in [-0.4, -0.2) is 61.8 Å². The molecule has 1 saturated heterocycles. The molecule has 1 heterocycles. The van der Waals surface area contributed by atoms with E-state index in [4.69, 9.17) is 0 Å². The van der Waals surface area contributed by atoms with Crippen LogP contribution in [-0.2, 0) is 14.8 Å². The lowest BCUT2D eigenvalue weighted by atomic mass is 9.90. The van der Waals surface area contributed by atoms with Crippen molar-refractivity contribution in [3.05, 3.63) is 29.3 Å². The van der Waals surface area contributed by atoms with E-state index in [1.54, 1.807) is 19.1 Å². The Bertz CT molecular complexity index is 868. The van der Waals surface area contributed by atoms with Crippen LogP contribution >= 0.6 is 0 Å². The molecular formula is C20H30N4O3S. The van der Waals surface area contributed by atoms with Crippen molar-refractivity contribution < 1.29 is 13.2 Å². The average Bonchev–Trinajstić information content (AvgIpc) is 2.63. The fraction of sp³-hybridized carbons (Fsp3) is 0.600. The molecule has 1 atom stereocenters. The van der Waals surface area contributed by atoms with Crippen LogP contribution in [0.4, 0.5) is 0 Å². The highest BCUT2D eigenvalue weighted by Gasteiger charge is 2.32. The van der Waals surface area contributed by atoms with Crippen molar-refractivity contribution in [1.29, 1.82) is 5.26 Å². The lowest BCUT2D eigenvalue weighted by Gasteiger charge is -2.34. The topological polar surface area (TPSA) is 93.5 Å². The highest BCUT2D eigenvalue weighted by Crippen LogP contribution is 2.20. The number of hydrogen-bond donors (Lipinski definition) is 1. The van der Waals surface area contributed by atoms with Gasteiger partial charge in [0.2, 0.25) is 15.9 Å². The maximum atomic E-state index is 12.9. The predicted octanol–water partition coefficient (Wildman–Crippen LogP) is 1.66. The van der Waals surface area contributed by atoms with Crippen LogP contribution in [0, 0.1) is 31.1 Å². The lowest BCUT2D eigenvalue weighted by molar-refractivity contribution is -0.124. The first-order valence-electron chi connectivity index (χ1n) is 9.51. The smallest absolute Gasteiger partial charge is 0.243 e. The molecule has 0 radical (unpaired) electrons. The van der Waals surface area contributed by atoms with Gasteiger partial charge in [-0.2, -0.15) is 9.57 Å². The first-order chi connectivity index (χ1) is 13.0. The first kappa shape index (κ1) is 22.3. The van der Waals surface area contributed by atoms with Crippen LogP contribution in [0.25, 0.3) is 0 Å². The molecular weight excluding hydrogens is 376 g/mol. The molecule has 1 aliphatic rings. The molecule has 0 aromatic heterocycles. The van der Waals surface area contributed by atoms with Crippen LogP contribution in [0.3, 0.4) is 0 Å². The zero-order valence-electron chi connectivity index (χ0n) is 17.3. The number of benzene rings is 1. The monoisotopic (exact) mass is 406 g/mol. The minimum Gasteiger partial charge on any atom is -0.337 e. The van der Waals surface area contributed by atoms with Crippen molar-refractivity contribution in [2.45, 2.75) is 45.1 Å². The first-order valence-corrected chi connectivity index (χ1v) is 11.0. The minimum absolute atomic E-state index is 0.0126. The molecule has 1 aliphatic heterocycles. The second-order valence-electron chi connectivity index (χ2n) is 7.94. The Labute approximate surface area is 168 Å². The highest BCUT2D eigenvalue weighted by atomic mass is 32.2. The quantitative estimate of drug-likeness (QED) is 0.776. The molecule has 1 aromatic rings. The third-order valence-electron chi connectivity index (χ3n) is 5.60. The average molecular weight is 407 g/mol. The summed E-state index contributed by atoms with van der Waals surface area (Å²) in [5.41, 5.74) is 1.09. The fourth-order valence-electron chi connectivity index (χ4n) is 2.99. The summed E-state index contributed by atoms with van der Waals surface area (Å²) in [4.78, 5) is 14.5. The Morgan fingerprint density at radius 1 is 1.21 bits per heavy atom. The number of rotatable bonds is 6. The van der Waals surface area contributed by atoms with Gasteiger partial charge in [0.15, 0.2) is 0 Å². The summed E-state index contributed by atoms with van der Waals surface area (Å²) in [5, 5.41) is 12.1. The number of sulfonamides is 1. The van der Waals surface area contributed by atoms with Gasteiger partial charge in [-0.15, -0.1) is 0 Å². The molecule has 0 bridgehead atoms. The minimum atomic E-state index is -3.53. The second-order valence-corrected chi connectivity index (χ2v) is 9.88. The summed E-state index contributed by atoms with van der Waals surface area (Å²) < 4.78 is 27.2. The van der Waals surface area contributed by atoms with E-state index in [1.165, 1.54) is 4.31 Å². The molecule has 1 fully saturated rings. The van der Waals surface area contributed by atoms with Crippen molar-refractivity contribution in [3.63, 3.8) is 0 Å². The number of carbonyl (C=O) groups is 1. The molecule has 0 aliphatic carbocycles. The van der Waals surface area contributed by atoms with E-state index in [0.717, 1.165) is 11.1 Å². The summed E-state index contributed by atoms with van der Waals surface area (Å²) in [5.74, 6) is -0.232.